The summed E-state index contributed by atoms with van der Waals surface area (Å²) in [4.78, 5) is 6.55. The van der Waals surface area contributed by atoms with Crippen LogP contribution in [-0.2, 0) is 6.42 Å². The average Bonchev–Trinajstić information content (AvgIpc) is 2.31. The second-order valence-corrected chi connectivity index (χ2v) is 4.80. The first-order valence-electron chi connectivity index (χ1n) is 6.09. The fourth-order valence-corrected chi connectivity index (χ4v) is 2.40. The average molecular weight is 219 g/mol. The predicted octanol–water partition coefficient (Wildman–Crippen LogP) is 1.69. The first kappa shape index (κ1) is 11.4. The molecular formula is C13H21N3. The SMILES string of the molecule is CN(C)c1ncccc1CC1CCCNC1. The van der Waals surface area contributed by atoms with Gasteiger partial charge in [-0.3, -0.25) is 0 Å². The van der Waals surface area contributed by atoms with E-state index in [1.54, 1.807) is 0 Å². The van der Waals surface area contributed by atoms with Crippen molar-refractivity contribution in [2.45, 2.75) is 19.3 Å². The summed E-state index contributed by atoms with van der Waals surface area (Å²) in [6.45, 7) is 2.34. The third kappa shape index (κ3) is 2.73. The third-order valence-electron chi connectivity index (χ3n) is 3.20. The first-order valence-corrected chi connectivity index (χ1v) is 6.09. The van der Waals surface area contributed by atoms with Gasteiger partial charge in [-0.2, -0.15) is 0 Å². The number of pyridine rings is 1. The van der Waals surface area contributed by atoms with Crippen LogP contribution < -0.4 is 10.2 Å². The van der Waals surface area contributed by atoms with E-state index >= 15 is 0 Å². The minimum absolute atomic E-state index is 0.775. The quantitative estimate of drug-likeness (QED) is 0.838. The zero-order chi connectivity index (χ0) is 11.4. The lowest BCUT2D eigenvalue weighted by molar-refractivity contribution is 0.376. The standard InChI is InChI=1S/C13H21N3/c1-16(2)13-12(6-4-8-15-13)9-11-5-3-7-14-10-11/h4,6,8,11,14H,3,5,7,9-10H2,1-2H3. The van der Waals surface area contributed by atoms with Gasteiger partial charge in [-0.25, -0.2) is 4.98 Å². The van der Waals surface area contributed by atoms with Crippen LogP contribution in [0.5, 0.6) is 0 Å². The highest BCUT2D eigenvalue weighted by atomic mass is 15.1. The Kier molecular flexibility index (Phi) is 3.78. The van der Waals surface area contributed by atoms with E-state index < -0.39 is 0 Å². The molecule has 1 aromatic heterocycles. The molecule has 0 amide bonds. The van der Waals surface area contributed by atoms with Gasteiger partial charge >= 0.3 is 0 Å². The maximum Gasteiger partial charge on any atom is 0.131 e. The molecule has 0 saturated carbocycles. The largest absolute Gasteiger partial charge is 0.363 e. The van der Waals surface area contributed by atoms with Gasteiger partial charge in [0.2, 0.25) is 0 Å². The van der Waals surface area contributed by atoms with Crippen molar-refractivity contribution < 1.29 is 0 Å². The fraction of sp³-hybridized carbons (Fsp3) is 0.615. The highest BCUT2D eigenvalue weighted by Gasteiger charge is 2.16. The Morgan fingerprint density at radius 2 is 2.38 bits per heavy atom. The zero-order valence-electron chi connectivity index (χ0n) is 10.2. The van der Waals surface area contributed by atoms with E-state index in [1.165, 1.54) is 24.9 Å². The number of anilines is 1. The van der Waals surface area contributed by atoms with E-state index in [0.29, 0.717) is 0 Å². The molecule has 1 unspecified atom stereocenters. The number of aromatic nitrogens is 1. The molecule has 1 aliphatic rings. The molecule has 16 heavy (non-hydrogen) atoms. The van der Waals surface area contributed by atoms with E-state index in [2.05, 4.69) is 35.4 Å². The Hall–Kier alpha value is -1.09. The van der Waals surface area contributed by atoms with Crippen molar-refractivity contribution >= 4 is 5.82 Å². The molecule has 0 bridgehead atoms. The van der Waals surface area contributed by atoms with Crippen LogP contribution >= 0.6 is 0 Å². The van der Waals surface area contributed by atoms with Gasteiger partial charge in [0.15, 0.2) is 0 Å². The lowest BCUT2D eigenvalue weighted by Crippen LogP contribution is -2.31. The van der Waals surface area contributed by atoms with Gasteiger partial charge in [0.1, 0.15) is 5.82 Å². The Labute approximate surface area is 97.9 Å². The number of hydrogen-bond acceptors (Lipinski definition) is 3. The zero-order valence-corrected chi connectivity index (χ0v) is 10.2. The van der Waals surface area contributed by atoms with Gasteiger partial charge in [-0.1, -0.05) is 6.07 Å². The molecule has 1 N–H and O–H groups in total. The topological polar surface area (TPSA) is 28.2 Å². The number of nitrogens with one attached hydrogen (secondary N) is 1. The van der Waals surface area contributed by atoms with Crippen molar-refractivity contribution in [1.82, 2.24) is 10.3 Å². The summed E-state index contributed by atoms with van der Waals surface area (Å²) in [5, 5.41) is 3.47. The monoisotopic (exact) mass is 219 g/mol. The highest BCUT2D eigenvalue weighted by Crippen LogP contribution is 2.21. The smallest absolute Gasteiger partial charge is 0.131 e. The minimum atomic E-state index is 0.775. The van der Waals surface area contributed by atoms with Crippen molar-refractivity contribution in [1.29, 1.82) is 0 Å². The molecule has 0 aliphatic carbocycles. The van der Waals surface area contributed by atoms with Crippen LogP contribution in [0.1, 0.15) is 18.4 Å². The van der Waals surface area contributed by atoms with Gasteiger partial charge in [-0.05, 0) is 49.9 Å². The molecular weight excluding hydrogens is 198 g/mol. The summed E-state index contributed by atoms with van der Waals surface area (Å²) < 4.78 is 0. The number of hydrogen-bond donors (Lipinski definition) is 1. The van der Waals surface area contributed by atoms with Crippen LogP contribution in [0.4, 0.5) is 5.82 Å². The molecule has 1 fully saturated rings. The predicted molar refractivity (Wildman–Crippen MR) is 67.9 cm³/mol. The van der Waals surface area contributed by atoms with E-state index in [0.717, 1.165) is 24.7 Å². The van der Waals surface area contributed by atoms with Gasteiger partial charge in [0.05, 0.1) is 0 Å². The Morgan fingerprint density at radius 3 is 3.06 bits per heavy atom. The Bertz CT molecular complexity index is 330. The summed E-state index contributed by atoms with van der Waals surface area (Å²) in [6, 6.07) is 4.25. The molecule has 1 aromatic rings. The van der Waals surface area contributed by atoms with Crippen LogP contribution in [0, 0.1) is 5.92 Å². The molecule has 0 radical (unpaired) electrons. The molecule has 1 atom stereocenters. The molecule has 0 aromatic carbocycles. The number of rotatable bonds is 3. The van der Waals surface area contributed by atoms with Gasteiger partial charge < -0.3 is 10.2 Å². The van der Waals surface area contributed by atoms with Crippen molar-refractivity contribution in [3.05, 3.63) is 23.9 Å². The summed E-state index contributed by atoms with van der Waals surface area (Å²) in [5.74, 6) is 1.89. The molecule has 3 nitrogen and oxygen atoms in total. The highest BCUT2D eigenvalue weighted by molar-refractivity contribution is 5.45. The van der Waals surface area contributed by atoms with E-state index in [1.807, 2.05) is 12.3 Å². The van der Waals surface area contributed by atoms with Crippen molar-refractivity contribution in [2.24, 2.45) is 5.92 Å². The Morgan fingerprint density at radius 1 is 1.50 bits per heavy atom. The van der Waals surface area contributed by atoms with Crippen molar-refractivity contribution in [3.8, 4) is 0 Å². The van der Waals surface area contributed by atoms with Gasteiger partial charge in [-0.15, -0.1) is 0 Å². The molecule has 1 aliphatic heterocycles. The van der Waals surface area contributed by atoms with Gasteiger partial charge in [0.25, 0.3) is 0 Å². The van der Waals surface area contributed by atoms with Crippen LogP contribution in [0.3, 0.4) is 0 Å². The lowest BCUT2D eigenvalue weighted by atomic mass is 9.92. The molecule has 2 heterocycles. The summed E-state index contributed by atoms with van der Waals surface area (Å²) in [7, 11) is 4.12. The summed E-state index contributed by atoms with van der Waals surface area (Å²) in [5.41, 5.74) is 1.38. The van der Waals surface area contributed by atoms with Gasteiger partial charge in [0, 0.05) is 20.3 Å². The second kappa shape index (κ2) is 5.30. The maximum absolute atomic E-state index is 4.45. The molecule has 2 rings (SSSR count). The Balaban J connectivity index is 2.07. The summed E-state index contributed by atoms with van der Waals surface area (Å²) >= 11 is 0. The molecule has 88 valence electrons. The molecule has 0 spiro atoms. The number of piperidine rings is 1. The van der Waals surface area contributed by atoms with E-state index in [4.69, 9.17) is 0 Å². The van der Waals surface area contributed by atoms with Crippen LogP contribution in [0.15, 0.2) is 18.3 Å². The van der Waals surface area contributed by atoms with E-state index in [9.17, 15) is 0 Å². The molecule has 1 saturated heterocycles. The van der Waals surface area contributed by atoms with Crippen LogP contribution in [-0.4, -0.2) is 32.2 Å². The summed E-state index contributed by atoms with van der Waals surface area (Å²) in [6.07, 6.45) is 5.67. The first-order chi connectivity index (χ1) is 7.77. The van der Waals surface area contributed by atoms with Crippen LogP contribution in [0.2, 0.25) is 0 Å². The number of nitrogens with zero attached hydrogens (tertiary/aromatic N) is 2. The fourth-order valence-electron chi connectivity index (χ4n) is 2.40. The normalized spacial score (nSPS) is 20.8. The van der Waals surface area contributed by atoms with Crippen LogP contribution in [0.25, 0.3) is 0 Å². The van der Waals surface area contributed by atoms with Crippen molar-refractivity contribution in [3.63, 3.8) is 0 Å². The molecule has 3 heteroatoms. The third-order valence-corrected chi connectivity index (χ3v) is 3.20. The second-order valence-electron chi connectivity index (χ2n) is 4.80. The lowest BCUT2D eigenvalue weighted by Gasteiger charge is -2.24. The maximum atomic E-state index is 4.45. The minimum Gasteiger partial charge on any atom is -0.363 e. The van der Waals surface area contributed by atoms with Crippen molar-refractivity contribution in [2.75, 3.05) is 32.1 Å². The van der Waals surface area contributed by atoms with E-state index in [-0.39, 0.29) is 0 Å².